The van der Waals surface area contributed by atoms with E-state index in [1.165, 1.54) is 5.56 Å². The molecule has 17 heavy (non-hydrogen) atoms. The number of nitrogens with zero attached hydrogens (tertiary/aromatic N) is 1. The van der Waals surface area contributed by atoms with Crippen LogP contribution in [0.4, 0.5) is 0 Å². The predicted octanol–water partition coefficient (Wildman–Crippen LogP) is 2.94. The van der Waals surface area contributed by atoms with Gasteiger partial charge in [0.25, 0.3) is 0 Å². The van der Waals surface area contributed by atoms with Crippen LogP contribution < -0.4 is 5.73 Å². The molecule has 3 heteroatoms. The summed E-state index contributed by atoms with van der Waals surface area (Å²) in [5, 5.41) is 0.771. The molecule has 0 fully saturated rings. The third kappa shape index (κ3) is 3.44. The van der Waals surface area contributed by atoms with Crippen LogP contribution in [0.2, 0.25) is 5.02 Å². The molecule has 0 spiro atoms. The lowest BCUT2D eigenvalue weighted by Crippen LogP contribution is -2.55. The van der Waals surface area contributed by atoms with Crippen LogP contribution in [0.3, 0.4) is 0 Å². The minimum atomic E-state index is 0.0274. The summed E-state index contributed by atoms with van der Waals surface area (Å²) in [7, 11) is 4.18. The van der Waals surface area contributed by atoms with Gasteiger partial charge in [0.2, 0.25) is 0 Å². The van der Waals surface area contributed by atoms with Crippen molar-refractivity contribution in [3.8, 4) is 0 Å². The zero-order chi connectivity index (χ0) is 13.1. The maximum absolute atomic E-state index is 6.36. The molecule has 0 heterocycles. The Morgan fingerprint density at radius 3 is 2.24 bits per heavy atom. The van der Waals surface area contributed by atoms with E-state index >= 15 is 0 Å². The molecule has 0 amide bonds. The Kier molecular flexibility index (Phi) is 4.99. The summed E-state index contributed by atoms with van der Waals surface area (Å²) < 4.78 is 0. The first-order valence-corrected chi connectivity index (χ1v) is 6.45. The maximum Gasteiger partial charge on any atom is 0.0406 e. The van der Waals surface area contributed by atoms with Crippen LogP contribution in [0, 0.1) is 0 Å². The highest BCUT2D eigenvalue weighted by Crippen LogP contribution is 2.22. The van der Waals surface area contributed by atoms with Gasteiger partial charge < -0.3 is 10.6 Å². The highest BCUT2D eigenvalue weighted by molar-refractivity contribution is 6.30. The Morgan fingerprint density at radius 1 is 1.29 bits per heavy atom. The van der Waals surface area contributed by atoms with E-state index in [1.54, 1.807) is 0 Å². The lowest BCUT2D eigenvalue weighted by molar-refractivity contribution is 0.131. The van der Waals surface area contributed by atoms with Gasteiger partial charge in [-0.05, 0) is 51.6 Å². The fraction of sp³-hybridized carbons (Fsp3) is 0.571. The van der Waals surface area contributed by atoms with Crippen molar-refractivity contribution >= 4 is 11.6 Å². The van der Waals surface area contributed by atoms with Crippen molar-refractivity contribution in [1.82, 2.24) is 4.90 Å². The molecular formula is C14H23ClN2. The van der Waals surface area contributed by atoms with Crippen molar-refractivity contribution < 1.29 is 0 Å². The lowest BCUT2D eigenvalue weighted by atomic mass is 9.85. The molecule has 2 nitrogen and oxygen atoms in total. The van der Waals surface area contributed by atoms with E-state index in [9.17, 15) is 0 Å². The van der Waals surface area contributed by atoms with Gasteiger partial charge in [-0.15, -0.1) is 0 Å². The highest BCUT2D eigenvalue weighted by atomic mass is 35.5. The van der Waals surface area contributed by atoms with Crippen LogP contribution in [0.1, 0.15) is 25.8 Å². The van der Waals surface area contributed by atoms with Crippen molar-refractivity contribution in [2.45, 2.75) is 38.3 Å². The number of hydrogen-bond acceptors (Lipinski definition) is 2. The summed E-state index contributed by atoms with van der Waals surface area (Å²) in [6.07, 6.45) is 1.91. The molecule has 2 unspecified atom stereocenters. The van der Waals surface area contributed by atoms with E-state index in [-0.39, 0.29) is 11.6 Å². The molecule has 2 atom stereocenters. The third-order valence-electron chi connectivity index (χ3n) is 3.91. The Bertz CT molecular complexity index is 348. The topological polar surface area (TPSA) is 29.3 Å². The largest absolute Gasteiger partial charge is 0.326 e. The average Bonchev–Trinajstić information content (AvgIpc) is 2.30. The van der Waals surface area contributed by atoms with Crippen LogP contribution in [0.5, 0.6) is 0 Å². The molecule has 1 aromatic rings. The fourth-order valence-corrected chi connectivity index (χ4v) is 2.13. The molecule has 1 aromatic carbocycles. The Morgan fingerprint density at radius 2 is 1.82 bits per heavy atom. The average molecular weight is 255 g/mol. The fourth-order valence-electron chi connectivity index (χ4n) is 2.00. The molecule has 0 aliphatic heterocycles. The second-order valence-electron chi connectivity index (χ2n) is 5.04. The summed E-state index contributed by atoms with van der Waals surface area (Å²) in [5.41, 5.74) is 7.63. The highest BCUT2D eigenvalue weighted by Gasteiger charge is 2.31. The van der Waals surface area contributed by atoms with Gasteiger partial charge in [-0.1, -0.05) is 30.7 Å². The molecule has 0 aliphatic carbocycles. The molecule has 0 saturated carbocycles. The number of rotatable bonds is 5. The first-order chi connectivity index (χ1) is 7.90. The number of likely N-dealkylation sites (N-methyl/N-ethyl adjacent to an activating group) is 1. The van der Waals surface area contributed by atoms with Gasteiger partial charge in [0.1, 0.15) is 0 Å². The Labute approximate surface area is 110 Å². The van der Waals surface area contributed by atoms with E-state index in [0.29, 0.717) is 0 Å². The smallest absolute Gasteiger partial charge is 0.0406 e. The van der Waals surface area contributed by atoms with E-state index in [4.69, 9.17) is 17.3 Å². The van der Waals surface area contributed by atoms with Gasteiger partial charge in [0.15, 0.2) is 0 Å². The van der Waals surface area contributed by atoms with Gasteiger partial charge in [-0.3, -0.25) is 0 Å². The van der Waals surface area contributed by atoms with Gasteiger partial charge in [0, 0.05) is 16.6 Å². The van der Waals surface area contributed by atoms with Crippen LogP contribution in [-0.4, -0.2) is 30.6 Å². The predicted molar refractivity (Wildman–Crippen MR) is 75.5 cm³/mol. The summed E-state index contributed by atoms with van der Waals surface area (Å²) in [4.78, 5) is 2.22. The third-order valence-corrected chi connectivity index (χ3v) is 4.16. The molecule has 0 saturated heterocycles. The Hall–Kier alpha value is -0.570. The van der Waals surface area contributed by atoms with E-state index < -0.39 is 0 Å². The summed E-state index contributed by atoms with van der Waals surface area (Å²) >= 11 is 5.88. The number of hydrogen-bond donors (Lipinski definition) is 1. The first-order valence-electron chi connectivity index (χ1n) is 6.07. The molecule has 2 N–H and O–H groups in total. The quantitative estimate of drug-likeness (QED) is 0.876. The van der Waals surface area contributed by atoms with Crippen LogP contribution in [0.15, 0.2) is 24.3 Å². The van der Waals surface area contributed by atoms with Crippen molar-refractivity contribution in [1.29, 1.82) is 0 Å². The zero-order valence-electron chi connectivity index (χ0n) is 11.2. The first kappa shape index (κ1) is 14.5. The van der Waals surface area contributed by atoms with Crippen molar-refractivity contribution in [2.24, 2.45) is 5.73 Å². The molecule has 1 rings (SSSR count). The molecule has 0 aliphatic rings. The zero-order valence-corrected chi connectivity index (χ0v) is 12.0. The van der Waals surface area contributed by atoms with Gasteiger partial charge in [-0.2, -0.15) is 0 Å². The second-order valence-corrected chi connectivity index (χ2v) is 5.48. The lowest BCUT2D eigenvalue weighted by Gasteiger charge is -2.41. The summed E-state index contributed by atoms with van der Waals surface area (Å²) in [6.45, 7) is 4.40. The Balaban J connectivity index is 2.77. The minimum Gasteiger partial charge on any atom is -0.326 e. The minimum absolute atomic E-state index is 0.0274. The molecule has 0 aromatic heterocycles. The van der Waals surface area contributed by atoms with Crippen LogP contribution in [0.25, 0.3) is 0 Å². The number of benzene rings is 1. The monoisotopic (exact) mass is 254 g/mol. The molecular weight excluding hydrogens is 232 g/mol. The van der Waals surface area contributed by atoms with E-state index in [2.05, 4.69) is 32.8 Å². The van der Waals surface area contributed by atoms with Crippen molar-refractivity contribution in [3.05, 3.63) is 34.9 Å². The van der Waals surface area contributed by atoms with Crippen molar-refractivity contribution in [3.63, 3.8) is 0 Å². The number of nitrogens with two attached hydrogens (primary N) is 1. The molecule has 0 bridgehead atoms. The maximum atomic E-state index is 6.36. The molecule has 96 valence electrons. The normalized spacial score (nSPS) is 16.9. The van der Waals surface area contributed by atoms with Crippen LogP contribution >= 0.6 is 11.6 Å². The van der Waals surface area contributed by atoms with E-state index in [0.717, 1.165) is 17.9 Å². The van der Waals surface area contributed by atoms with Crippen LogP contribution in [-0.2, 0) is 6.42 Å². The van der Waals surface area contributed by atoms with Gasteiger partial charge in [-0.25, -0.2) is 0 Å². The number of halogens is 1. The summed E-state index contributed by atoms with van der Waals surface area (Å²) in [6, 6.07) is 8.05. The molecule has 0 radical (unpaired) electrons. The van der Waals surface area contributed by atoms with Gasteiger partial charge in [0.05, 0.1) is 0 Å². The van der Waals surface area contributed by atoms with Crippen molar-refractivity contribution in [2.75, 3.05) is 14.1 Å². The van der Waals surface area contributed by atoms with E-state index in [1.807, 2.05) is 24.3 Å². The second kappa shape index (κ2) is 5.85. The standard InChI is InChI=1S/C14H23ClN2/c1-5-14(2,17(3)4)13(16)10-11-6-8-12(15)9-7-11/h6-9,13H,5,10,16H2,1-4H3. The van der Waals surface area contributed by atoms with Gasteiger partial charge >= 0.3 is 0 Å². The SMILES string of the molecule is CCC(C)(C(N)Cc1ccc(Cl)cc1)N(C)C. The summed E-state index contributed by atoms with van der Waals surface area (Å²) in [5.74, 6) is 0.